The standard InChI is InChI=1S/C17H14INO3/c1-11(12-6-8-13(18)9-7-12)10-16(20)19-15-5-3-2-4-14(15)17(21)22/h2-10H,1H3,(H,19,20)(H,21,22)/b11-10-. The number of carboxylic acids is 1. The maximum atomic E-state index is 12.1. The third kappa shape index (κ3) is 4.17. The summed E-state index contributed by atoms with van der Waals surface area (Å²) in [6.07, 6.45) is 1.46. The first kappa shape index (κ1) is 16.2. The van der Waals surface area contributed by atoms with Crippen molar-refractivity contribution in [2.45, 2.75) is 6.92 Å². The molecule has 5 heteroatoms. The van der Waals surface area contributed by atoms with Gasteiger partial charge in [0.25, 0.3) is 0 Å². The number of hydrogen-bond donors (Lipinski definition) is 2. The van der Waals surface area contributed by atoms with Gasteiger partial charge >= 0.3 is 5.97 Å². The Kier molecular flexibility index (Phi) is 5.32. The summed E-state index contributed by atoms with van der Waals surface area (Å²) in [6.45, 7) is 1.84. The highest BCUT2D eigenvalue weighted by Gasteiger charge is 2.10. The van der Waals surface area contributed by atoms with E-state index in [1.165, 1.54) is 12.1 Å². The molecule has 2 aromatic carbocycles. The average Bonchev–Trinajstić information content (AvgIpc) is 2.48. The monoisotopic (exact) mass is 407 g/mol. The van der Waals surface area contributed by atoms with Crippen LogP contribution < -0.4 is 5.32 Å². The number of amides is 1. The van der Waals surface area contributed by atoms with Gasteiger partial charge in [-0.3, -0.25) is 4.79 Å². The topological polar surface area (TPSA) is 66.4 Å². The maximum Gasteiger partial charge on any atom is 0.337 e. The molecule has 0 saturated heterocycles. The van der Waals surface area contributed by atoms with Crippen LogP contribution in [0.5, 0.6) is 0 Å². The van der Waals surface area contributed by atoms with Gasteiger partial charge in [0.1, 0.15) is 0 Å². The van der Waals surface area contributed by atoms with E-state index in [0.717, 1.165) is 14.7 Å². The van der Waals surface area contributed by atoms with Gasteiger partial charge in [0, 0.05) is 9.65 Å². The molecule has 0 radical (unpaired) electrons. The Morgan fingerprint density at radius 1 is 1.09 bits per heavy atom. The van der Waals surface area contributed by atoms with Crippen LogP contribution in [0.4, 0.5) is 5.69 Å². The van der Waals surface area contributed by atoms with Gasteiger partial charge in [0.2, 0.25) is 5.91 Å². The molecule has 112 valence electrons. The van der Waals surface area contributed by atoms with Crippen molar-refractivity contribution in [2.75, 3.05) is 5.32 Å². The largest absolute Gasteiger partial charge is 0.478 e. The first-order valence-corrected chi connectivity index (χ1v) is 7.63. The second kappa shape index (κ2) is 7.22. The third-order valence-electron chi connectivity index (χ3n) is 3.06. The van der Waals surface area contributed by atoms with Gasteiger partial charge in [0.15, 0.2) is 0 Å². The summed E-state index contributed by atoms with van der Waals surface area (Å²) in [5, 5.41) is 11.7. The predicted octanol–water partition coefficient (Wildman–Crippen LogP) is 4.03. The Hall–Kier alpha value is -2.15. The van der Waals surface area contributed by atoms with E-state index in [0.29, 0.717) is 0 Å². The molecule has 2 rings (SSSR count). The minimum Gasteiger partial charge on any atom is -0.478 e. The molecule has 0 aromatic heterocycles. The summed E-state index contributed by atoms with van der Waals surface area (Å²) >= 11 is 2.22. The summed E-state index contributed by atoms with van der Waals surface area (Å²) < 4.78 is 1.12. The zero-order chi connectivity index (χ0) is 16.1. The Morgan fingerprint density at radius 2 is 1.73 bits per heavy atom. The molecule has 4 nitrogen and oxygen atoms in total. The Balaban J connectivity index is 2.18. The van der Waals surface area contributed by atoms with Crippen LogP contribution in [0.2, 0.25) is 0 Å². The van der Waals surface area contributed by atoms with Gasteiger partial charge < -0.3 is 10.4 Å². The lowest BCUT2D eigenvalue weighted by atomic mass is 10.1. The summed E-state index contributed by atoms with van der Waals surface area (Å²) in [5.41, 5.74) is 2.10. The molecule has 22 heavy (non-hydrogen) atoms. The summed E-state index contributed by atoms with van der Waals surface area (Å²) in [7, 11) is 0. The Bertz CT molecular complexity index is 736. The smallest absolute Gasteiger partial charge is 0.337 e. The SMILES string of the molecule is C/C(=C/C(=O)Nc1ccccc1C(=O)O)c1ccc(I)cc1. The van der Waals surface area contributed by atoms with Crippen LogP contribution in [0.3, 0.4) is 0 Å². The van der Waals surface area contributed by atoms with E-state index in [1.54, 1.807) is 18.2 Å². The van der Waals surface area contributed by atoms with E-state index in [4.69, 9.17) is 5.11 Å². The van der Waals surface area contributed by atoms with E-state index in [2.05, 4.69) is 27.9 Å². The number of anilines is 1. The fraction of sp³-hybridized carbons (Fsp3) is 0.0588. The van der Waals surface area contributed by atoms with Crippen molar-refractivity contribution < 1.29 is 14.7 Å². The molecular formula is C17H14INO3. The molecule has 2 N–H and O–H groups in total. The Labute approximate surface area is 142 Å². The summed E-state index contributed by atoms with van der Waals surface area (Å²) in [5.74, 6) is -1.43. The molecule has 0 aliphatic carbocycles. The quantitative estimate of drug-likeness (QED) is 0.594. The average molecular weight is 407 g/mol. The van der Waals surface area contributed by atoms with Gasteiger partial charge in [-0.1, -0.05) is 24.3 Å². The number of nitrogens with one attached hydrogen (secondary N) is 1. The molecular weight excluding hydrogens is 393 g/mol. The van der Waals surface area contributed by atoms with Crippen LogP contribution in [0.25, 0.3) is 5.57 Å². The molecule has 0 bridgehead atoms. The van der Waals surface area contributed by atoms with Crippen LogP contribution in [-0.2, 0) is 4.79 Å². The molecule has 0 aliphatic heterocycles. The lowest BCUT2D eigenvalue weighted by Crippen LogP contribution is -2.12. The molecule has 2 aromatic rings. The number of allylic oxidation sites excluding steroid dienone is 1. The fourth-order valence-electron chi connectivity index (χ4n) is 1.94. The van der Waals surface area contributed by atoms with E-state index in [1.807, 2.05) is 31.2 Å². The van der Waals surface area contributed by atoms with Crippen molar-refractivity contribution in [1.82, 2.24) is 0 Å². The molecule has 0 unspecified atom stereocenters. The van der Waals surface area contributed by atoms with Gasteiger partial charge in [-0.2, -0.15) is 0 Å². The van der Waals surface area contributed by atoms with Gasteiger partial charge in [-0.25, -0.2) is 4.79 Å². The Morgan fingerprint density at radius 3 is 2.36 bits per heavy atom. The van der Waals surface area contributed by atoms with Gasteiger partial charge in [-0.05, 0) is 64.9 Å². The number of benzene rings is 2. The zero-order valence-electron chi connectivity index (χ0n) is 11.8. The summed E-state index contributed by atoms with van der Waals surface area (Å²) in [6, 6.07) is 14.1. The second-order valence-corrected chi connectivity index (χ2v) is 5.92. The van der Waals surface area contributed by atoms with E-state index in [9.17, 15) is 9.59 Å². The second-order valence-electron chi connectivity index (χ2n) is 4.67. The molecule has 0 saturated carbocycles. The molecule has 1 amide bonds. The fourth-order valence-corrected chi connectivity index (χ4v) is 2.30. The van der Waals surface area contributed by atoms with E-state index >= 15 is 0 Å². The summed E-state index contributed by atoms with van der Waals surface area (Å²) in [4.78, 5) is 23.2. The lowest BCUT2D eigenvalue weighted by molar-refractivity contribution is -0.111. The van der Waals surface area contributed by atoms with Crippen LogP contribution in [0.15, 0.2) is 54.6 Å². The van der Waals surface area contributed by atoms with Crippen LogP contribution in [0.1, 0.15) is 22.8 Å². The number of rotatable bonds is 4. The number of hydrogen-bond acceptors (Lipinski definition) is 2. The number of halogens is 1. The minimum absolute atomic E-state index is 0.0659. The highest BCUT2D eigenvalue weighted by molar-refractivity contribution is 14.1. The van der Waals surface area contributed by atoms with Crippen molar-refractivity contribution in [2.24, 2.45) is 0 Å². The zero-order valence-corrected chi connectivity index (χ0v) is 14.0. The predicted molar refractivity (Wildman–Crippen MR) is 94.8 cm³/mol. The lowest BCUT2D eigenvalue weighted by Gasteiger charge is -2.07. The maximum absolute atomic E-state index is 12.1. The van der Waals surface area contributed by atoms with Crippen molar-refractivity contribution in [1.29, 1.82) is 0 Å². The molecule has 0 aliphatic rings. The third-order valence-corrected chi connectivity index (χ3v) is 3.78. The first-order chi connectivity index (χ1) is 10.5. The normalized spacial score (nSPS) is 11.1. The van der Waals surface area contributed by atoms with Crippen molar-refractivity contribution >= 4 is 45.7 Å². The molecule has 0 heterocycles. The van der Waals surface area contributed by atoms with E-state index in [-0.39, 0.29) is 17.2 Å². The highest BCUT2D eigenvalue weighted by Crippen LogP contribution is 2.18. The molecule has 0 fully saturated rings. The van der Waals surface area contributed by atoms with Gasteiger partial charge in [0.05, 0.1) is 11.3 Å². The van der Waals surface area contributed by atoms with Crippen LogP contribution in [0, 0.1) is 3.57 Å². The number of para-hydroxylation sites is 1. The number of carbonyl (C=O) groups is 2. The van der Waals surface area contributed by atoms with Crippen molar-refractivity contribution in [3.8, 4) is 0 Å². The number of carbonyl (C=O) groups excluding carboxylic acids is 1. The highest BCUT2D eigenvalue weighted by atomic mass is 127. The van der Waals surface area contributed by atoms with Crippen LogP contribution in [-0.4, -0.2) is 17.0 Å². The molecule has 0 atom stereocenters. The van der Waals surface area contributed by atoms with Gasteiger partial charge in [-0.15, -0.1) is 0 Å². The number of aromatic carboxylic acids is 1. The first-order valence-electron chi connectivity index (χ1n) is 6.55. The minimum atomic E-state index is -1.07. The molecule has 0 spiro atoms. The van der Waals surface area contributed by atoms with E-state index < -0.39 is 5.97 Å². The van der Waals surface area contributed by atoms with Crippen LogP contribution >= 0.6 is 22.6 Å². The van der Waals surface area contributed by atoms with Crippen molar-refractivity contribution in [3.05, 3.63) is 69.3 Å². The van der Waals surface area contributed by atoms with Crippen molar-refractivity contribution in [3.63, 3.8) is 0 Å². The number of carboxylic acid groups (broad SMARTS) is 1.